The summed E-state index contributed by atoms with van der Waals surface area (Å²) in [5, 5.41) is 10.9. The summed E-state index contributed by atoms with van der Waals surface area (Å²) in [6.07, 6.45) is 7.75. The molecule has 1 N–H and O–H groups in total. The van der Waals surface area contributed by atoms with Gasteiger partial charge in [-0.15, -0.1) is 0 Å². The quantitative estimate of drug-likeness (QED) is 0.910. The lowest BCUT2D eigenvalue weighted by Gasteiger charge is -2.48. The summed E-state index contributed by atoms with van der Waals surface area (Å²) < 4.78 is 0. The molecule has 1 aliphatic rings. The Bertz CT molecular complexity index is 433. The summed E-state index contributed by atoms with van der Waals surface area (Å²) in [4.78, 5) is 6.45. The third kappa shape index (κ3) is 2.82. The minimum Gasteiger partial charge on any atom is -0.386 e. The van der Waals surface area contributed by atoms with Gasteiger partial charge in [0.05, 0.1) is 11.6 Å². The molecule has 1 aromatic heterocycles. The second-order valence-electron chi connectivity index (χ2n) is 6.40. The van der Waals surface area contributed by atoms with E-state index in [9.17, 15) is 5.11 Å². The molecule has 0 radical (unpaired) electrons. The van der Waals surface area contributed by atoms with Gasteiger partial charge < -0.3 is 10.0 Å². The molecule has 3 unspecified atom stereocenters. The Kier molecular flexibility index (Phi) is 4.26. The van der Waals surface area contributed by atoms with Crippen molar-refractivity contribution in [3.63, 3.8) is 0 Å². The van der Waals surface area contributed by atoms with Crippen molar-refractivity contribution >= 4 is 0 Å². The molecule has 0 saturated heterocycles. The number of aromatic nitrogens is 1. The molecule has 0 amide bonds. The average molecular weight is 262 g/mol. The van der Waals surface area contributed by atoms with Crippen molar-refractivity contribution in [3.05, 3.63) is 29.6 Å². The average Bonchev–Trinajstić information content (AvgIpc) is 2.37. The fourth-order valence-corrected chi connectivity index (χ4v) is 3.50. The molecule has 3 atom stereocenters. The first-order chi connectivity index (χ1) is 8.95. The molecular formula is C16H26N2O. The number of aliphatic hydroxyl groups excluding tert-OH is 1. The molecule has 0 bridgehead atoms. The van der Waals surface area contributed by atoms with Gasteiger partial charge in [-0.1, -0.05) is 25.8 Å². The summed E-state index contributed by atoms with van der Waals surface area (Å²) in [5.41, 5.74) is 1.91. The molecule has 1 fully saturated rings. The van der Waals surface area contributed by atoms with E-state index in [2.05, 4.69) is 37.0 Å². The maximum atomic E-state index is 10.9. The molecular weight excluding hydrogens is 236 g/mol. The van der Waals surface area contributed by atoms with Crippen molar-refractivity contribution < 1.29 is 5.11 Å². The molecule has 1 heterocycles. The van der Waals surface area contributed by atoms with E-state index in [-0.39, 0.29) is 5.54 Å². The second-order valence-corrected chi connectivity index (χ2v) is 6.40. The fourth-order valence-electron chi connectivity index (χ4n) is 3.50. The molecule has 19 heavy (non-hydrogen) atoms. The lowest BCUT2D eigenvalue weighted by Crippen LogP contribution is -2.52. The van der Waals surface area contributed by atoms with Crippen LogP contribution in [0.15, 0.2) is 18.5 Å². The van der Waals surface area contributed by atoms with Crippen LogP contribution in [0, 0.1) is 12.8 Å². The van der Waals surface area contributed by atoms with Crippen LogP contribution in [-0.4, -0.2) is 34.6 Å². The Morgan fingerprint density at radius 3 is 2.74 bits per heavy atom. The van der Waals surface area contributed by atoms with Gasteiger partial charge in [0, 0.05) is 18.0 Å². The maximum absolute atomic E-state index is 10.9. The van der Waals surface area contributed by atoms with E-state index in [4.69, 9.17) is 0 Å². The Balaban J connectivity index is 2.33. The van der Waals surface area contributed by atoms with E-state index in [1.807, 2.05) is 19.3 Å². The van der Waals surface area contributed by atoms with E-state index in [1.54, 1.807) is 0 Å². The van der Waals surface area contributed by atoms with Crippen LogP contribution in [0.3, 0.4) is 0 Å². The minimum absolute atomic E-state index is 0.146. The lowest BCUT2D eigenvalue weighted by molar-refractivity contribution is -0.0452. The third-order valence-electron chi connectivity index (χ3n) is 4.62. The van der Waals surface area contributed by atoms with E-state index in [0.717, 1.165) is 24.0 Å². The van der Waals surface area contributed by atoms with Crippen molar-refractivity contribution in [1.29, 1.82) is 0 Å². The molecule has 106 valence electrons. The van der Waals surface area contributed by atoms with Gasteiger partial charge in [0.2, 0.25) is 0 Å². The Labute approximate surface area is 116 Å². The fraction of sp³-hybridized carbons (Fsp3) is 0.688. The number of likely N-dealkylation sites (N-methyl/N-ethyl adjacent to an activating group) is 1. The normalized spacial score (nSPS) is 29.5. The minimum atomic E-state index is -0.461. The van der Waals surface area contributed by atoms with Crippen molar-refractivity contribution in [2.24, 2.45) is 5.92 Å². The van der Waals surface area contributed by atoms with Gasteiger partial charge in [0.1, 0.15) is 0 Å². The summed E-state index contributed by atoms with van der Waals surface area (Å²) in [6.45, 7) is 4.31. The van der Waals surface area contributed by atoms with Crippen LogP contribution in [0.5, 0.6) is 0 Å². The van der Waals surface area contributed by atoms with Crippen molar-refractivity contribution in [1.82, 2.24) is 9.88 Å². The number of aryl methyl sites for hydroxylation is 1. The summed E-state index contributed by atoms with van der Waals surface area (Å²) in [6, 6.07) is 2.06. The largest absolute Gasteiger partial charge is 0.386 e. The van der Waals surface area contributed by atoms with E-state index >= 15 is 0 Å². The van der Waals surface area contributed by atoms with Gasteiger partial charge in [-0.25, -0.2) is 0 Å². The van der Waals surface area contributed by atoms with Gasteiger partial charge in [0.15, 0.2) is 0 Å². The second kappa shape index (κ2) is 5.59. The van der Waals surface area contributed by atoms with Crippen LogP contribution >= 0.6 is 0 Å². The van der Waals surface area contributed by atoms with Gasteiger partial charge in [-0.3, -0.25) is 4.98 Å². The van der Waals surface area contributed by atoms with Gasteiger partial charge >= 0.3 is 0 Å². The summed E-state index contributed by atoms with van der Waals surface area (Å²) in [5.74, 6) is 0.670. The Morgan fingerprint density at radius 1 is 1.42 bits per heavy atom. The molecule has 1 aromatic rings. The number of nitrogens with zero attached hydrogens (tertiary/aromatic N) is 2. The number of pyridine rings is 1. The van der Waals surface area contributed by atoms with Crippen LogP contribution in [0.2, 0.25) is 0 Å². The number of rotatable bonds is 3. The first kappa shape index (κ1) is 14.5. The van der Waals surface area contributed by atoms with Crippen LogP contribution in [0.25, 0.3) is 0 Å². The van der Waals surface area contributed by atoms with E-state index in [1.165, 1.54) is 12.8 Å². The predicted octanol–water partition coefficient (Wildman–Crippen LogP) is 2.93. The molecule has 1 aliphatic carbocycles. The zero-order chi connectivity index (χ0) is 14.0. The number of hydrogen-bond donors (Lipinski definition) is 1. The monoisotopic (exact) mass is 262 g/mol. The Hall–Kier alpha value is -0.930. The zero-order valence-electron chi connectivity index (χ0n) is 12.6. The van der Waals surface area contributed by atoms with Gasteiger partial charge in [-0.2, -0.15) is 0 Å². The molecule has 3 heteroatoms. The number of aliphatic hydroxyl groups is 1. The molecule has 3 nitrogen and oxygen atoms in total. The molecule has 0 aromatic carbocycles. The molecule has 1 saturated carbocycles. The van der Waals surface area contributed by atoms with Crippen LogP contribution in [0.4, 0.5) is 0 Å². The van der Waals surface area contributed by atoms with Crippen molar-refractivity contribution in [3.8, 4) is 0 Å². The smallest absolute Gasteiger partial charge is 0.0988 e. The zero-order valence-corrected chi connectivity index (χ0v) is 12.6. The Morgan fingerprint density at radius 2 is 2.16 bits per heavy atom. The molecule has 2 rings (SSSR count). The summed E-state index contributed by atoms with van der Waals surface area (Å²) in [7, 11) is 4.18. The molecule has 0 spiro atoms. The maximum Gasteiger partial charge on any atom is 0.0988 e. The van der Waals surface area contributed by atoms with Gasteiger partial charge in [-0.05, 0) is 45.3 Å². The highest BCUT2D eigenvalue weighted by molar-refractivity contribution is 5.23. The summed E-state index contributed by atoms with van der Waals surface area (Å²) >= 11 is 0. The highest BCUT2D eigenvalue weighted by atomic mass is 16.3. The topological polar surface area (TPSA) is 36.4 Å². The van der Waals surface area contributed by atoms with Crippen LogP contribution in [-0.2, 0) is 0 Å². The van der Waals surface area contributed by atoms with Crippen LogP contribution in [0.1, 0.15) is 49.8 Å². The first-order valence-electron chi connectivity index (χ1n) is 7.23. The first-order valence-corrected chi connectivity index (χ1v) is 7.23. The molecule has 0 aliphatic heterocycles. The standard InChI is InChI=1S/C16H26N2O/c1-12-6-5-7-16(9-12,18(3)4)15(19)14-8-13(2)10-17-11-14/h8,10-12,15,19H,5-7,9H2,1-4H3. The SMILES string of the molecule is Cc1cncc(C(O)C2(N(C)C)CCCC(C)C2)c1. The van der Waals surface area contributed by atoms with Gasteiger partial charge in [0.25, 0.3) is 0 Å². The van der Waals surface area contributed by atoms with E-state index in [0.29, 0.717) is 5.92 Å². The lowest BCUT2D eigenvalue weighted by atomic mass is 9.71. The predicted molar refractivity (Wildman–Crippen MR) is 78.0 cm³/mol. The highest BCUT2D eigenvalue weighted by Crippen LogP contribution is 2.43. The van der Waals surface area contributed by atoms with E-state index < -0.39 is 6.10 Å². The van der Waals surface area contributed by atoms with Crippen molar-refractivity contribution in [2.45, 2.75) is 51.2 Å². The van der Waals surface area contributed by atoms with Crippen molar-refractivity contribution in [2.75, 3.05) is 14.1 Å². The highest BCUT2D eigenvalue weighted by Gasteiger charge is 2.43. The van der Waals surface area contributed by atoms with Crippen LogP contribution < -0.4 is 0 Å². The third-order valence-corrected chi connectivity index (χ3v) is 4.62. The number of hydrogen-bond acceptors (Lipinski definition) is 3.